The first kappa shape index (κ1) is 27.1. The maximum Gasteiger partial charge on any atom is 0.191 e. The van der Waals surface area contributed by atoms with E-state index < -0.39 is 0 Å². The molecule has 0 spiro atoms. The molecule has 1 unspecified atom stereocenters. The van der Waals surface area contributed by atoms with Gasteiger partial charge in [0.1, 0.15) is 5.82 Å². The Morgan fingerprint density at radius 1 is 1.13 bits per heavy atom. The molecule has 0 saturated carbocycles. The second-order valence-corrected chi connectivity index (χ2v) is 7.07. The van der Waals surface area contributed by atoms with Crippen LogP contribution in [0.4, 0.5) is 0 Å². The van der Waals surface area contributed by atoms with Gasteiger partial charge < -0.3 is 24.7 Å². The third-order valence-corrected chi connectivity index (χ3v) is 4.77. The Bertz CT molecular complexity index is 794. The Labute approximate surface area is 204 Å². The summed E-state index contributed by atoms with van der Waals surface area (Å²) in [5.41, 5.74) is 1.13. The van der Waals surface area contributed by atoms with Crippen molar-refractivity contribution in [2.45, 2.75) is 60.0 Å². The first-order valence-corrected chi connectivity index (χ1v) is 11.0. The Hall–Kier alpha value is -1.97. The van der Waals surface area contributed by atoms with Gasteiger partial charge in [-0.15, -0.1) is 24.0 Å². The Morgan fingerprint density at radius 2 is 1.87 bits per heavy atom. The predicted octanol–water partition coefficient (Wildman–Crippen LogP) is 4.70. The standard InChI is InChI=1S/C23H37N5O2.HI/c1-6-24-23(26-13-9-10-15-28-16-14-25-19(28)5)27-18(4)20-11-12-21(29-7-2)22(17-20)30-8-3;/h11-12,14,16-18H,6-10,13,15H2,1-5H3,(H2,24,26,27);1H. The molecule has 0 saturated heterocycles. The number of guanidine groups is 1. The molecular weight excluding hydrogens is 505 g/mol. The van der Waals surface area contributed by atoms with Crippen molar-refractivity contribution in [3.8, 4) is 11.5 Å². The topological polar surface area (TPSA) is 72.7 Å². The molecule has 0 aliphatic carbocycles. The van der Waals surface area contributed by atoms with E-state index in [0.29, 0.717) is 13.2 Å². The highest BCUT2D eigenvalue weighted by Crippen LogP contribution is 2.30. The molecular formula is C23H38IN5O2. The molecule has 0 fully saturated rings. The molecule has 2 N–H and O–H groups in total. The van der Waals surface area contributed by atoms with Crippen molar-refractivity contribution in [1.82, 2.24) is 20.2 Å². The van der Waals surface area contributed by atoms with E-state index in [-0.39, 0.29) is 30.0 Å². The number of imidazole rings is 1. The molecule has 0 aliphatic heterocycles. The minimum absolute atomic E-state index is 0. The van der Waals surface area contributed by atoms with Gasteiger partial charge in [-0.1, -0.05) is 6.07 Å². The summed E-state index contributed by atoms with van der Waals surface area (Å²) in [5, 5.41) is 6.83. The molecule has 0 aliphatic rings. The fourth-order valence-corrected chi connectivity index (χ4v) is 3.17. The maximum absolute atomic E-state index is 5.76. The highest BCUT2D eigenvalue weighted by atomic mass is 127. The fourth-order valence-electron chi connectivity index (χ4n) is 3.17. The van der Waals surface area contributed by atoms with Crippen molar-refractivity contribution in [3.63, 3.8) is 0 Å². The zero-order chi connectivity index (χ0) is 21.8. The number of ether oxygens (including phenoxy) is 2. The van der Waals surface area contributed by atoms with Gasteiger partial charge >= 0.3 is 0 Å². The number of hydrogen-bond donors (Lipinski definition) is 2. The van der Waals surface area contributed by atoms with Crippen molar-refractivity contribution < 1.29 is 9.47 Å². The average molecular weight is 543 g/mol. The smallest absolute Gasteiger partial charge is 0.191 e. The van der Waals surface area contributed by atoms with Crippen molar-refractivity contribution in [2.75, 3.05) is 26.3 Å². The number of aryl methyl sites for hydroxylation is 2. The largest absolute Gasteiger partial charge is 0.490 e. The number of rotatable bonds is 12. The van der Waals surface area contributed by atoms with Gasteiger partial charge in [-0.05, 0) is 65.2 Å². The number of nitrogens with zero attached hydrogens (tertiary/aromatic N) is 3. The van der Waals surface area contributed by atoms with Crippen LogP contribution in [0, 0.1) is 6.92 Å². The number of aliphatic imine (C=N–C) groups is 1. The number of halogens is 1. The molecule has 174 valence electrons. The van der Waals surface area contributed by atoms with E-state index in [1.165, 1.54) is 0 Å². The summed E-state index contributed by atoms with van der Waals surface area (Å²) >= 11 is 0. The summed E-state index contributed by atoms with van der Waals surface area (Å²) in [7, 11) is 0. The third-order valence-electron chi connectivity index (χ3n) is 4.77. The number of benzene rings is 1. The van der Waals surface area contributed by atoms with Crippen LogP contribution < -0.4 is 20.1 Å². The molecule has 1 aromatic heterocycles. The summed E-state index contributed by atoms with van der Waals surface area (Å²) in [6.45, 7) is 14.0. The van der Waals surface area contributed by atoms with Gasteiger partial charge in [0.05, 0.1) is 19.3 Å². The van der Waals surface area contributed by atoms with Gasteiger partial charge in [-0.25, -0.2) is 4.98 Å². The summed E-state index contributed by atoms with van der Waals surface area (Å²) in [5.74, 6) is 3.45. The van der Waals surface area contributed by atoms with E-state index >= 15 is 0 Å². The summed E-state index contributed by atoms with van der Waals surface area (Å²) in [6.07, 6.45) is 5.98. The van der Waals surface area contributed by atoms with Crippen LogP contribution in [-0.4, -0.2) is 41.8 Å². The number of unbranched alkanes of at least 4 members (excludes halogenated alkanes) is 1. The van der Waals surface area contributed by atoms with E-state index in [1.807, 2.05) is 45.3 Å². The van der Waals surface area contributed by atoms with Crippen molar-refractivity contribution in [1.29, 1.82) is 0 Å². The van der Waals surface area contributed by atoms with Crippen LogP contribution in [0.2, 0.25) is 0 Å². The van der Waals surface area contributed by atoms with Gasteiger partial charge in [0.15, 0.2) is 17.5 Å². The summed E-state index contributed by atoms with van der Waals surface area (Å²) in [4.78, 5) is 9.00. The minimum atomic E-state index is 0. The minimum Gasteiger partial charge on any atom is -0.490 e. The van der Waals surface area contributed by atoms with Crippen molar-refractivity contribution in [2.24, 2.45) is 4.99 Å². The van der Waals surface area contributed by atoms with Crippen LogP contribution in [0.25, 0.3) is 0 Å². The number of hydrogen-bond acceptors (Lipinski definition) is 4. The summed E-state index contributed by atoms with van der Waals surface area (Å²) < 4.78 is 13.6. The fraction of sp³-hybridized carbons (Fsp3) is 0.565. The van der Waals surface area contributed by atoms with Crippen LogP contribution in [0.5, 0.6) is 11.5 Å². The van der Waals surface area contributed by atoms with Gasteiger partial charge in [0, 0.05) is 32.0 Å². The Kier molecular flexibility index (Phi) is 13.0. The normalized spacial score (nSPS) is 12.1. The van der Waals surface area contributed by atoms with Crippen LogP contribution in [0.1, 0.15) is 58.0 Å². The lowest BCUT2D eigenvalue weighted by Gasteiger charge is -2.20. The van der Waals surface area contributed by atoms with Crippen molar-refractivity contribution in [3.05, 3.63) is 42.0 Å². The first-order valence-electron chi connectivity index (χ1n) is 11.0. The second kappa shape index (κ2) is 14.9. The van der Waals surface area contributed by atoms with Crippen LogP contribution in [0.3, 0.4) is 0 Å². The highest BCUT2D eigenvalue weighted by Gasteiger charge is 2.12. The zero-order valence-corrected chi connectivity index (χ0v) is 21.8. The molecule has 1 heterocycles. The molecule has 0 bridgehead atoms. The molecule has 2 rings (SSSR count). The van der Waals surface area contributed by atoms with E-state index in [9.17, 15) is 0 Å². The zero-order valence-electron chi connectivity index (χ0n) is 19.5. The van der Waals surface area contributed by atoms with Crippen LogP contribution in [0.15, 0.2) is 35.6 Å². The van der Waals surface area contributed by atoms with E-state index in [4.69, 9.17) is 14.5 Å². The molecule has 1 atom stereocenters. The average Bonchev–Trinajstić information content (AvgIpc) is 3.14. The maximum atomic E-state index is 5.76. The van der Waals surface area contributed by atoms with E-state index in [1.54, 1.807) is 0 Å². The number of nitrogens with one attached hydrogen (secondary N) is 2. The van der Waals surface area contributed by atoms with Gasteiger partial charge in [-0.3, -0.25) is 4.99 Å². The quantitative estimate of drug-likeness (QED) is 0.176. The molecule has 0 amide bonds. The molecule has 0 radical (unpaired) electrons. The molecule has 7 nitrogen and oxygen atoms in total. The van der Waals surface area contributed by atoms with Crippen LogP contribution >= 0.6 is 24.0 Å². The first-order chi connectivity index (χ1) is 14.6. The lowest BCUT2D eigenvalue weighted by molar-refractivity contribution is 0.287. The molecule has 2 aromatic rings. The highest BCUT2D eigenvalue weighted by molar-refractivity contribution is 14.0. The third kappa shape index (κ3) is 8.96. The monoisotopic (exact) mass is 543 g/mol. The van der Waals surface area contributed by atoms with Crippen LogP contribution in [-0.2, 0) is 6.54 Å². The molecule has 31 heavy (non-hydrogen) atoms. The van der Waals surface area contributed by atoms with Gasteiger partial charge in [-0.2, -0.15) is 0 Å². The lowest BCUT2D eigenvalue weighted by atomic mass is 10.1. The molecule has 8 heteroatoms. The van der Waals surface area contributed by atoms with E-state index in [0.717, 1.165) is 61.3 Å². The Morgan fingerprint density at radius 3 is 2.52 bits per heavy atom. The second-order valence-electron chi connectivity index (χ2n) is 7.07. The van der Waals surface area contributed by atoms with E-state index in [2.05, 4.69) is 40.1 Å². The van der Waals surface area contributed by atoms with Gasteiger partial charge in [0.2, 0.25) is 0 Å². The Balaban J connectivity index is 0.00000480. The molecule has 1 aromatic carbocycles. The predicted molar refractivity (Wildman–Crippen MR) is 138 cm³/mol. The summed E-state index contributed by atoms with van der Waals surface area (Å²) in [6, 6.07) is 6.18. The van der Waals surface area contributed by atoms with Crippen molar-refractivity contribution >= 4 is 29.9 Å². The van der Waals surface area contributed by atoms with Gasteiger partial charge in [0.25, 0.3) is 0 Å². The number of aromatic nitrogens is 2. The lowest BCUT2D eigenvalue weighted by Crippen LogP contribution is -2.38. The SMILES string of the molecule is CCNC(=NCCCCn1ccnc1C)NC(C)c1ccc(OCC)c(OCC)c1.I.